The van der Waals surface area contributed by atoms with Crippen LogP contribution in [0.5, 0.6) is 17.2 Å². The van der Waals surface area contributed by atoms with Gasteiger partial charge in [0.25, 0.3) is 0 Å². The summed E-state index contributed by atoms with van der Waals surface area (Å²) >= 11 is 0. The molecule has 3 aliphatic rings. The van der Waals surface area contributed by atoms with Crippen molar-refractivity contribution >= 4 is 11.7 Å². The van der Waals surface area contributed by atoms with Crippen LogP contribution in [0.3, 0.4) is 0 Å². The Labute approximate surface area is 197 Å². The summed E-state index contributed by atoms with van der Waals surface area (Å²) < 4.78 is 77.2. The number of ether oxygens (including phenoxy) is 4. The molecular formula is C23H23F4N3O5. The molecule has 3 atom stereocenters. The third kappa shape index (κ3) is 4.43. The number of carbonyl (C=O) groups is 1. The fourth-order valence-electron chi connectivity index (χ4n) is 4.41. The predicted octanol–water partition coefficient (Wildman–Crippen LogP) is 4.01. The number of halogens is 4. The van der Waals surface area contributed by atoms with Gasteiger partial charge >= 0.3 is 12.2 Å². The number of carbonyl (C=O) groups excluding carboxylic acids is 1. The number of amides is 2. The summed E-state index contributed by atoms with van der Waals surface area (Å²) in [6, 6.07) is 6.97. The van der Waals surface area contributed by atoms with E-state index in [0.29, 0.717) is 25.1 Å². The molecule has 8 nitrogen and oxygen atoms in total. The molecular weight excluding hydrogens is 474 g/mol. The molecule has 0 spiro atoms. The number of benzene rings is 2. The number of piperidine rings is 1. The van der Waals surface area contributed by atoms with Gasteiger partial charge in [-0.25, -0.2) is 9.18 Å². The number of hydrogen-bond acceptors (Lipinski definition) is 6. The van der Waals surface area contributed by atoms with Crippen LogP contribution in [-0.2, 0) is 10.3 Å². The van der Waals surface area contributed by atoms with Crippen LogP contribution in [0.4, 0.5) is 28.0 Å². The van der Waals surface area contributed by atoms with Gasteiger partial charge in [-0.05, 0) is 25.5 Å². The van der Waals surface area contributed by atoms with Gasteiger partial charge in [-0.15, -0.1) is 0 Å². The van der Waals surface area contributed by atoms with E-state index >= 15 is 0 Å². The Morgan fingerprint density at radius 3 is 2.63 bits per heavy atom. The van der Waals surface area contributed by atoms with E-state index in [0.717, 1.165) is 6.07 Å². The highest BCUT2D eigenvalue weighted by atomic mass is 19.4. The van der Waals surface area contributed by atoms with Crippen LogP contribution < -0.4 is 30.2 Å². The Morgan fingerprint density at radius 1 is 1.17 bits per heavy atom. The molecule has 3 unspecified atom stereocenters. The molecule has 2 aromatic carbocycles. The van der Waals surface area contributed by atoms with Crippen molar-refractivity contribution in [3.63, 3.8) is 0 Å². The van der Waals surface area contributed by atoms with Crippen molar-refractivity contribution in [1.29, 1.82) is 0 Å². The van der Waals surface area contributed by atoms with Crippen LogP contribution >= 0.6 is 0 Å². The van der Waals surface area contributed by atoms with E-state index in [9.17, 15) is 22.4 Å². The number of urea groups is 1. The first-order valence-corrected chi connectivity index (χ1v) is 11.1. The molecule has 35 heavy (non-hydrogen) atoms. The van der Waals surface area contributed by atoms with Crippen molar-refractivity contribution in [3.8, 4) is 17.2 Å². The van der Waals surface area contributed by atoms with E-state index < -0.39 is 35.9 Å². The summed E-state index contributed by atoms with van der Waals surface area (Å²) in [6.45, 7) is 0.500. The molecule has 0 radical (unpaired) electrons. The molecule has 188 valence electrons. The summed E-state index contributed by atoms with van der Waals surface area (Å²) in [5, 5.41) is 8.24. The van der Waals surface area contributed by atoms with Crippen molar-refractivity contribution in [1.82, 2.24) is 10.6 Å². The Hall–Kier alpha value is -3.25. The van der Waals surface area contributed by atoms with Crippen molar-refractivity contribution in [2.75, 3.05) is 25.3 Å². The largest absolute Gasteiger partial charge is 0.473 e. The molecule has 5 rings (SSSR count). The van der Waals surface area contributed by atoms with Crippen LogP contribution in [-0.4, -0.2) is 44.4 Å². The van der Waals surface area contributed by atoms with E-state index in [4.69, 9.17) is 18.9 Å². The second kappa shape index (κ2) is 9.08. The lowest BCUT2D eigenvalue weighted by molar-refractivity contribution is -0.334. The van der Waals surface area contributed by atoms with Crippen molar-refractivity contribution < 1.29 is 41.3 Å². The molecule has 3 heterocycles. The Balaban J connectivity index is 1.31. The summed E-state index contributed by atoms with van der Waals surface area (Å²) in [5.74, 6) is -0.149. The van der Waals surface area contributed by atoms with E-state index in [1.165, 1.54) is 24.3 Å². The molecule has 3 aliphatic heterocycles. The van der Waals surface area contributed by atoms with Gasteiger partial charge in [0.2, 0.25) is 6.79 Å². The van der Waals surface area contributed by atoms with Crippen molar-refractivity contribution in [2.45, 2.75) is 43.3 Å². The number of anilines is 1. The maximum absolute atomic E-state index is 14.3. The molecule has 3 N–H and O–H groups in total. The second-order valence-corrected chi connectivity index (χ2v) is 8.44. The average Bonchev–Trinajstić information content (AvgIpc) is 3.22. The lowest BCUT2D eigenvalue weighted by atomic mass is 9.85. The lowest BCUT2D eigenvalue weighted by Crippen LogP contribution is -2.57. The quantitative estimate of drug-likeness (QED) is 0.541. The number of para-hydroxylation sites is 1. The zero-order valence-electron chi connectivity index (χ0n) is 18.4. The Morgan fingerprint density at radius 2 is 1.91 bits per heavy atom. The number of rotatable bonds is 5. The number of fused-ring (bicyclic) bond motifs is 1. The molecule has 0 aliphatic carbocycles. The zero-order valence-corrected chi connectivity index (χ0v) is 18.4. The van der Waals surface area contributed by atoms with Gasteiger partial charge in [-0.1, -0.05) is 18.2 Å². The molecule has 0 saturated carbocycles. The number of alkyl halides is 3. The molecule has 12 heteroatoms. The minimum atomic E-state index is -4.61. The van der Waals surface area contributed by atoms with E-state index in [1.807, 2.05) is 0 Å². The molecule has 2 aromatic rings. The summed E-state index contributed by atoms with van der Waals surface area (Å²) in [7, 11) is 0. The molecule has 2 saturated heterocycles. The summed E-state index contributed by atoms with van der Waals surface area (Å²) in [5.41, 5.74) is -2.64. The van der Waals surface area contributed by atoms with Crippen molar-refractivity contribution in [3.05, 3.63) is 47.8 Å². The molecule has 0 aromatic heterocycles. The highest BCUT2D eigenvalue weighted by Crippen LogP contribution is 2.52. The third-order valence-electron chi connectivity index (χ3n) is 6.27. The first-order chi connectivity index (χ1) is 16.8. The van der Waals surface area contributed by atoms with Crippen LogP contribution in [0.2, 0.25) is 0 Å². The van der Waals surface area contributed by atoms with E-state index in [2.05, 4.69) is 16.0 Å². The average molecular weight is 497 g/mol. The van der Waals surface area contributed by atoms with E-state index in [1.54, 1.807) is 6.07 Å². The van der Waals surface area contributed by atoms with Gasteiger partial charge in [-0.2, -0.15) is 13.2 Å². The number of hydrogen-bond donors (Lipinski definition) is 3. The maximum Gasteiger partial charge on any atom is 0.421 e. The van der Waals surface area contributed by atoms with Crippen LogP contribution in [0.15, 0.2) is 36.4 Å². The lowest BCUT2D eigenvalue weighted by Gasteiger charge is -2.44. The second-order valence-electron chi connectivity index (χ2n) is 8.44. The SMILES string of the molecule is O=C(Nc1cc2c(cc1F)OCO2)NC1CCCNC1Oc1ccccc1C1(C(F)(F)F)CCO1. The fraction of sp³-hybridized carbons (Fsp3) is 0.435. The Bertz CT molecular complexity index is 1110. The van der Waals surface area contributed by atoms with Gasteiger partial charge < -0.3 is 29.6 Å². The third-order valence-corrected chi connectivity index (χ3v) is 6.27. The van der Waals surface area contributed by atoms with Gasteiger partial charge in [-0.3, -0.25) is 5.32 Å². The zero-order chi connectivity index (χ0) is 24.6. The van der Waals surface area contributed by atoms with Crippen LogP contribution in [0, 0.1) is 5.82 Å². The Kier molecular flexibility index (Phi) is 6.09. The smallest absolute Gasteiger partial charge is 0.421 e. The standard InChI is InChI=1S/C23H23F4N3O5/c24-14-10-18-19(33-12-32-18)11-16(14)30-21(31)29-15-5-3-8-28-20(15)35-17-6-2-1-4-13(17)22(7-9-34-22)23(25,26)27/h1-2,4,6,10-11,15,20,28H,3,5,7-9,12H2,(H2,29,30,31). The van der Waals surface area contributed by atoms with E-state index in [-0.39, 0.29) is 42.6 Å². The van der Waals surface area contributed by atoms with Gasteiger partial charge in [0.05, 0.1) is 18.3 Å². The van der Waals surface area contributed by atoms with Crippen LogP contribution in [0.1, 0.15) is 24.8 Å². The minimum absolute atomic E-state index is 0.00368. The maximum atomic E-state index is 14.3. The summed E-state index contributed by atoms with van der Waals surface area (Å²) in [4.78, 5) is 12.6. The molecule has 2 amide bonds. The first-order valence-electron chi connectivity index (χ1n) is 11.1. The number of nitrogens with one attached hydrogen (secondary N) is 3. The highest BCUT2D eigenvalue weighted by molar-refractivity contribution is 5.90. The monoisotopic (exact) mass is 497 g/mol. The van der Waals surface area contributed by atoms with Crippen LogP contribution in [0.25, 0.3) is 0 Å². The summed E-state index contributed by atoms with van der Waals surface area (Å²) in [6.07, 6.45) is -4.45. The van der Waals surface area contributed by atoms with Gasteiger partial charge in [0, 0.05) is 24.1 Å². The molecule has 0 bridgehead atoms. The molecule has 2 fully saturated rings. The first kappa shape index (κ1) is 23.5. The topological polar surface area (TPSA) is 90.1 Å². The van der Waals surface area contributed by atoms with Gasteiger partial charge in [0.15, 0.2) is 29.1 Å². The van der Waals surface area contributed by atoms with Gasteiger partial charge in [0.1, 0.15) is 5.75 Å². The fourth-order valence-corrected chi connectivity index (χ4v) is 4.41. The van der Waals surface area contributed by atoms with Crippen molar-refractivity contribution in [2.24, 2.45) is 0 Å². The predicted molar refractivity (Wildman–Crippen MR) is 115 cm³/mol. The highest BCUT2D eigenvalue weighted by Gasteiger charge is 2.62. The normalized spacial score (nSPS) is 25.5. The minimum Gasteiger partial charge on any atom is -0.473 e.